The van der Waals surface area contributed by atoms with E-state index in [1.54, 1.807) is 0 Å². The van der Waals surface area contributed by atoms with Gasteiger partial charge in [0.15, 0.2) is 0 Å². The molecule has 0 heterocycles. The molecule has 1 N–H and O–H groups in total. The Kier molecular flexibility index (Phi) is 22.8. The van der Waals surface area contributed by atoms with Crippen molar-refractivity contribution < 1.29 is 37.2 Å². The SMILES string of the molecule is CCCCCC=CCC=CCC=CCC=CCCCC(=O)O.[Cd]. The molecular weight excluding hydrogens is 385 g/mol. The summed E-state index contributed by atoms with van der Waals surface area (Å²) in [6.45, 7) is 2.23. The van der Waals surface area contributed by atoms with Crippen molar-refractivity contribution in [2.24, 2.45) is 0 Å². The summed E-state index contributed by atoms with van der Waals surface area (Å²) in [7, 11) is 0. The molecule has 0 aliphatic carbocycles. The largest absolute Gasteiger partial charge is 0.481 e. The number of rotatable bonds is 14. The van der Waals surface area contributed by atoms with Crippen molar-refractivity contribution in [3.63, 3.8) is 0 Å². The zero-order valence-electron chi connectivity index (χ0n) is 14.8. The Morgan fingerprint density at radius 1 is 0.739 bits per heavy atom. The first-order valence-electron chi connectivity index (χ1n) is 8.59. The minimum Gasteiger partial charge on any atom is -0.481 e. The van der Waals surface area contributed by atoms with Gasteiger partial charge in [-0.15, -0.1) is 0 Å². The van der Waals surface area contributed by atoms with E-state index in [4.69, 9.17) is 5.11 Å². The molecule has 0 radical (unpaired) electrons. The van der Waals surface area contributed by atoms with Gasteiger partial charge in [0.05, 0.1) is 0 Å². The number of carboxylic acids is 1. The van der Waals surface area contributed by atoms with Gasteiger partial charge in [0, 0.05) is 33.7 Å². The maximum absolute atomic E-state index is 10.3. The van der Waals surface area contributed by atoms with Gasteiger partial charge in [-0.2, -0.15) is 0 Å². The van der Waals surface area contributed by atoms with Gasteiger partial charge in [-0.3, -0.25) is 4.79 Å². The molecule has 0 fully saturated rings. The van der Waals surface area contributed by atoms with E-state index in [0.717, 1.165) is 32.1 Å². The molecule has 0 spiro atoms. The van der Waals surface area contributed by atoms with Gasteiger partial charge in [-0.05, 0) is 44.9 Å². The Balaban J connectivity index is 0. The molecule has 3 heteroatoms. The van der Waals surface area contributed by atoms with E-state index in [0.29, 0.717) is 0 Å². The number of aliphatic carboxylic acids is 1. The predicted molar refractivity (Wildman–Crippen MR) is 96.0 cm³/mol. The van der Waals surface area contributed by atoms with E-state index in [1.807, 2.05) is 0 Å². The van der Waals surface area contributed by atoms with Crippen molar-refractivity contribution in [3.05, 3.63) is 48.6 Å². The molecule has 0 unspecified atom stereocenters. The molecule has 23 heavy (non-hydrogen) atoms. The van der Waals surface area contributed by atoms with Crippen molar-refractivity contribution >= 4 is 5.97 Å². The number of carboxylic acid groups (broad SMARTS) is 1. The standard InChI is InChI=1S/C20H32O2.Cd/c1-2-3-4-5-6-7-8-9-10-11-12-13-14-15-16-17-18-19-20(21)22;/h6-7,9-10,12-13,15-16H,2-5,8,11,14,17-19H2,1H3,(H,21,22);. The Morgan fingerprint density at radius 2 is 1.17 bits per heavy atom. The summed E-state index contributed by atoms with van der Waals surface area (Å²) in [4.78, 5) is 10.3. The second kappa shape index (κ2) is 21.4. The van der Waals surface area contributed by atoms with Gasteiger partial charge in [-0.25, -0.2) is 0 Å². The molecule has 0 atom stereocenters. The van der Waals surface area contributed by atoms with Gasteiger partial charge in [-0.1, -0.05) is 68.4 Å². The van der Waals surface area contributed by atoms with Crippen LogP contribution in [-0.4, -0.2) is 11.1 Å². The fourth-order valence-electron chi connectivity index (χ4n) is 1.93. The first kappa shape index (κ1) is 24.6. The molecule has 0 aliphatic rings. The quantitative estimate of drug-likeness (QED) is 0.207. The number of allylic oxidation sites excluding steroid dienone is 8. The number of hydrogen-bond donors (Lipinski definition) is 1. The summed E-state index contributed by atoms with van der Waals surface area (Å²) in [5.74, 6) is -0.712. The second-order valence-electron chi connectivity index (χ2n) is 5.37. The summed E-state index contributed by atoms with van der Waals surface area (Å²) in [6.07, 6.45) is 27.3. The summed E-state index contributed by atoms with van der Waals surface area (Å²) in [5.41, 5.74) is 0. The second-order valence-corrected chi connectivity index (χ2v) is 5.37. The molecular formula is C20H32CdO2. The summed E-state index contributed by atoms with van der Waals surface area (Å²) in [5, 5.41) is 8.49. The van der Waals surface area contributed by atoms with Gasteiger partial charge in [0.25, 0.3) is 0 Å². The molecule has 126 valence electrons. The van der Waals surface area contributed by atoms with Crippen LogP contribution in [0.3, 0.4) is 0 Å². The number of carbonyl (C=O) groups is 1. The molecule has 0 bridgehead atoms. The molecule has 0 rings (SSSR count). The van der Waals surface area contributed by atoms with Crippen LogP contribution in [0.5, 0.6) is 0 Å². The summed E-state index contributed by atoms with van der Waals surface area (Å²) < 4.78 is 0. The van der Waals surface area contributed by atoms with Gasteiger partial charge >= 0.3 is 5.97 Å². The van der Waals surface area contributed by atoms with E-state index in [-0.39, 0.29) is 33.7 Å². The molecule has 0 aromatic heterocycles. The smallest absolute Gasteiger partial charge is 0.303 e. The Labute approximate surface area is 162 Å². The fourth-order valence-corrected chi connectivity index (χ4v) is 1.93. The van der Waals surface area contributed by atoms with Gasteiger partial charge in [0.2, 0.25) is 0 Å². The van der Waals surface area contributed by atoms with E-state index < -0.39 is 5.97 Å². The van der Waals surface area contributed by atoms with Crippen LogP contribution < -0.4 is 0 Å². The van der Waals surface area contributed by atoms with Crippen molar-refractivity contribution in [1.82, 2.24) is 0 Å². The van der Waals surface area contributed by atoms with Crippen LogP contribution in [0.1, 0.15) is 71.1 Å². The van der Waals surface area contributed by atoms with Crippen molar-refractivity contribution in [1.29, 1.82) is 0 Å². The maximum Gasteiger partial charge on any atom is 0.303 e. The Bertz CT molecular complexity index is 368. The first-order valence-corrected chi connectivity index (χ1v) is 8.59. The van der Waals surface area contributed by atoms with E-state index in [9.17, 15) is 4.79 Å². The predicted octanol–water partition coefficient (Wildman–Crippen LogP) is 6.21. The van der Waals surface area contributed by atoms with Crippen molar-refractivity contribution in [2.75, 3.05) is 0 Å². The number of hydrogen-bond acceptors (Lipinski definition) is 1. The van der Waals surface area contributed by atoms with E-state index in [1.165, 1.54) is 25.7 Å². The van der Waals surface area contributed by atoms with E-state index in [2.05, 4.69) is 55.5 Å². The minimum absolute atomic E-state index is 0. The maximum atomic E-state index is 10.3. The zero-order chi connectivity index (χ0) is 16.3. The Morgan fingerprint density at radius 3 is 1.61 bits per heavy atom. The normalized spacial score (nSPS) is 11.9. The van der Waals surface area contributed by atoms with E-state index >= 15 is 0 Å². The molecule has 0 amide bonds. The van der Waals surface area contributed by atoms with Crippen LogP contribution in [0, 0.1) is 0 Å². The third-order valence-electron chi connectivity index (χ3n) is 3.22. The van der Waals surface area contributed by atoms with Crippen LogP contribution in [-0.2, 0) is 32.1 Å². The average Bonchev–Trinajstić information content (AvgIpc) is 2.50. The monoisotopic (exact) mass is 418 g/mol. The first-order chi connectivity index (χ1) is 10.8. The van der Waals surface area contributed by atoms with Gasteiger partial charge < -0.3 is 5.11 Å². The minimum atomic E-state index is -0.712. The third-order valence-corrected chi connectivity index (χ3v) is 3.22. The molecule has 0 aliphatic heterocycles. The molecule has 0 aromatic rings. The van der Waals surface area contributed by atoms with Crippen LogP contribution in [0.25, 0.3) is 0 Å². The summed E-state index contributed by atoms with van der Waals surface area (Å²) >= 11 is 0. The van der Waals surface area contributed by atoms with Gasteiger partial charge in [0.1, 0.15) is 0 Å². The fraction of sp³-hybridized carbons (Fsp3) is 0.550. The van der Waals surface area contributed by atoms with Crippen LogP contribution in [0.4, 0.5) is 0 Å². The molecule has 0 saturated heterocycles. The Hall–Kier alpha value is -0.648. The topological polar surface area (TPSA) is 37.3 Å². The molecule has 0 saturated carbocycles. The average molecular weight is 417 g/mol. The van der Waals surface area contributed by atoms with Crippen LogP contribution in [0.2, 0.25) is 0 Å². The third kappa shape index (κ3) is 23.7. The number of unbranched alkanes of at least 4 members (excludes halogenated alkanes) is 4. The molecule has 2 nitrogen and oxygen atoms in total. The van der Waals surface area contributed by atoms with Crippen LogP contribution >= 0.6 is 0 Å². The van der Waals surface area contributed by atoms with Crippen molar-refractivity contribution in [2.45, 2.75) is 71.1 Å². The summed E-state index contributed by atoms with van der Waals surface area (Å²) in [6, 6.07) is 0. The zero-order valence-corrected chi connectivity index (χ0v) is 18.8. The van der Waals surface area contributed by atoms with Crippen molar-refractivity contribution in [3.8, 4) is 0 Å². The van der Waals surface area contributed by atoms with Crippen LogP contribution in [0.15, 0.2) is 48.6 Å². The molecule has 0 aromatic carbocycles.